The van der Waals surface area contributed by atoms with Crippen LogP contribution >= 0.6 is 0 Å². The van der Waals surface area contributed by atoms with Crippen LogP contribution in [0, 0.1) is 0 Å². The number of hydrogen-bond donors (Lipinski definition) is 1. The van der Waals surface area contributed by atoms with E-state index in [0.29, 0.717) is 12.8 Å². The van der Waals surface area contributed by atoms with Gasteiger partial charge in [0.15, 0.2) is 5.79 Å². The normalized spacial score (nSPS) is 14.9. The minimum atomic E-state index is -1.58. The summed E-state index contributed by atoms with van der Waals surface area (Å²) in [6, 6.07) is 9.69. The van der Waals surface area contributed by atoms with E-state index in [1.54, 1.807) is 0 Å². The summed E-state index contributed by atoms with van der Waals surface area (Å²) in [4.78, 5) is 11.0. The van der Waals surface area contributed by atoms with Gasteiger partial charge in [0.25, 0.3) is 0 Å². The molecule has 0 spiro atoms. The van der Waals surface area contributed by atoms with E-state index in [1.165, 1.54) is 0 Å². The summed E-state index contributed by atoms with van der Waals surface area (Å²) in [5.41, 5.74) is 7.54. The minimum absolute atomic E-state index is 0.291. The first-order chi connectivity index (χ1) is 8.70. The van der Waals surface area contributed by atoms with Crippen LogP contribution in [0.15, 0.2) is 30.3 Å². The van der Waals surface area contributed by atoms with Gasteiger partial charge in [-0.2, -0.15) is 0 Å². The molecule has 1 unspecified atom stereocenters. The summed E-state index contributed by atoms with van der Waals surface area (Å²) >= 11 is 0. The Morgan fingerprint density at radius 2 is 1.84 bits per heavy atom. The second kappa shape index (κ2) is 6.17. The number of aliphatic hydroxyl groups is 1. The fourth-order valence-corrected chi connectivity index (χ4v) is 1.98. The molecule has 2 N–H and O–H groups in total. The molecular formula is C15H22NO3. The Kier molecular flexibility index (Phi) is 5.09. The van der Waals surface area contributed by atoms with Gasteiger partial charge in [-0.15, -0.1) is 0 Å². The molecule has 1 aromatic rings. The molecule has 0 aromatic heterocycles. The molecule has 0 saturated heterocycles. The van der Waals surface area contributed by atoms with Crippen LogP contribution in [-0.2, 0) is 16.0 Å². The number of rotatable bonds is 6. The van der Waals surface area contributed by atoms with Crippen molar-refractivity contribution in [3.8, 4) is 0 Å². The van der Waals surface area contributed by atoms with Crippen molar-refractivity contribution in [1.29, 1.82) is 0 Å². The third-order valence-corrected chi connectivity index (χ3v) is 2.58. The fourth-order valence-electron chi connectivity index (χ4n) is 1.98. The van der Waals surface area contributed by atoms with E-state index in [-0.39, 0.29) is 6.42 Å². The van der Waals surface area contributed by atoms with Crippen LogP contribution in [0.1, 0.15) is 39.2 Å². The van der Waals surface area contributed by atoms with Crippen molar-refractivity contribution < 1.29 is 14.6 Å². The van der Waals surface area contributed by atoms with Crippen LogP contribution < -0.4 is 5.73 Å². The van der Waals surface area contributed by atoms with Crippen molar-refractivity contribution in [3.05, 3.63) is 35.9 Å². The van der Waals surface area contributed by atoms with E-state index in [9.17, 15) is 9.90 Å². The molecule has 1 aromatic carbocycles. The highest BCUT2D eigenvalue weighted by Gasteiger charge is 2.34. The zero-order valence-electron chi connectivity index (χ0n) is 11.8. The Hall–Kier alpha value is -1.39. The summed E-state index contributed by atoms with van der Waals surface area (Å²) in [5.74, 6) is -2.40. The van der Waals surface area contributed by atoms with Crippen LogP contribution in [-0.4, -0.2) is 22.4 Å². The molecule has 4 nitrogen and oxygen atoms in total. The van der Waals surface area contributed by atoms with Crippen LogP contribution in [0.25, 0.3) is 0 Å². The molecule has 0 aliphatic heterocycles. The molecule has 0 aliphatic rings. The average Bonchev–Trinajstić information content (AvgIpc) is 2.24. The van der Waals surface area contributed by atoms with Gasteiger partial charge in [0, 0.05) is 6.42 Å². The second-order valence-electron chi connectivity index (χ2n) is 5.75. The van der Waals surface area contributed by atoms with Crippen molar-refractivity contribution >= 4 is 5.91 Å². The van der Waals surface area contributed by atoms with Crippen molar-refractivity contribution in [3.63, 3.8) is 0 Å². The number of carbonyl (C=O) groups excluding carboxylic acids is 1. The lowest BCUT2D eigenvalue weighted by Crippen LogP contribution is -2.42. The summed E-state index contributed by atoms with van der Waals surface area (Å²) in [6.07, 6.45) is 0.580. The Bertz CT molecular complexity index is 411. The molecule has 19 heavy (non-hydrogen) atoms. The SMILES string of the molecule is CC(C)(C)OC(O)(CCc1ccccc1)CC([NH])=O. The highest BCUT2D eigenvalue weighted by Crippen LogP contribution is 2.26. The number of aryl methyl sites for hydroxylation is 1. The van der Waals surface area contributed by atoms with Crippen molar-refractivity contribution in [2.24, 2.45) is 0 Å². The van der Waals surface area contributed by atoms with E-state index in [1.807, 2.05) is 51.1 Å². The zero-order valence-corrected chi connectivity index (χ0v) is 11.8. The third-order valence-electron chi connectivity index (χ3n) is 2.58. The number of hydrogen-bond acceptors (Lipinski definition) is 3. The number of nitrogens with one attached hydrogen (secondary N) is 1. The first-order valence-corrected chi connectivity index (χ1v) is 6.41. The number of benzene rings is 1. The maximum absolute atomic E-state index is 11.0. The van der Waals surface area contributed by atoms with Gasteiger partial charge in [-0.1, -0.05) is 30.3 Å². The molecule has 4 heteroatoms. The molecule has 0 bridgehead atoms. The summed E-state index contributed by atoms with van der Waals surface area (Å²) < 4.78 is 5.57. The quantitative estimate of drug-likeness (QED) is 0.801. The standard InChI is InChI=1S/C15H22NO3/c1-14(2,3)19-15(18,11-13(16)17)10-9-12-7-5-4-6-8-12/h4-8,16,18H,9-11H2,1-3H3. The van der Waals surface area contributed by atoms with E-state index in [0.717, 1.165) is 5.56 Å². The molecule has 0 saturated carbocycles. The Morgan fingerprint density at radius 1 is 1.26 bits per heavy atom. The van der Waals surface area contributed by atoms with Gasteiger partial charge in [-0.25, -0.2) is 0 Å². The molecule has 105 valence electrons. The fraction of sp³-hybridized carbons (Fsp3) is 0.533. The molecular weight excluding hydrogens is 242 g/mol. The van der Waals surface area contributed by atoms with Crippen molar-refractivity contribution in [2.75, 3.05) is 0 Å². The molecule has 0 fully saturated rings. The largest absolute Gasteiger partial charge is 0.365 e. The lowest BCUT2D eigenvalue weighted by Gasteiger charge is -2.34. The zero-order chi connectivity index (χ0) is 14.5. The maximum Gasteiger partial charge on any atom is 0.243 e. The van der Waals surface area contributed by atoms with E-state index in [4.69, 9.17) is 10.5 Å². The van der Waals surface area contributed by atoms with Crippen LogP contribution in [0.4, 0.5) is 0 Å². The molecule has 0 aliphatic carbocycles. The summed E-state index contributed by atoms with van der Waals surface area (Å²) in [7, 11) is 0. The number of carbonyl (C=O) groups is 1. The maximum atomic E-state index is 11.0. The number of amides is 1. The van der Waals surface area contributed by atoms with E-state index in [2.05, 4.69) is 0 Å². The smallest absolute Gasteiger partial charge is 0.243 e. The van der Waals surface area contributed by atoms with E-state index < -0.39 is 17.3 Å². The lowest BCUT2D eigenvalue weighted by atomic mass is 10.0. The van der Waals surface area contributed by atoms with Crippen molar-refractivity contribution in [1.82, 2.24) is 5.73 Å². The summed E-state index contributed by atoms with van der Waals surface area (Å²) in [5, 5.41) is 10.4. The first-order valence-electron chi connectivity index (χ1n) is 6.41. The monoisotopic (exact) mass is 264 g/mol. The van der Waals surface area contributed by atoms with Gasteiger partial charge in [-0.3, -0.25) is 10.5 Å². The Labute approximate surface area is 114 Å². The highest BCUT2D eigenvalue weighted by atomic mass is 16.6. The summed E-state index contributed by atoms with van der Waals surface area (Å²) in [6.45, 7) is 5.44. The molecule has 0 heterocycles. The van der Waals surface area contributed by atoms with Gasteiger partial charge in [0.1, 0.15) is 0 Å². The minimum Gasteiger partial charge on any atom is -0.365 e. The van der Waals surface area contributed by atoms with Crippen LogP contribution in [0.5, 0.6) is 0 Å². The van der Waals surface area contributed by atoms with E-state index >= 15 is 0 Å². The van der Waals surface area contributed by atoms with Gasteiger partial charge in [-0.05, 0) is 32.8 Å². The van der Waals surface area contributed by atoms with Gasteiger partial charge < -0.3 is 9.84 Å². The predicted octanol–water partition coefficient (Wildman–Crippen LogP) is 2.32. The van der Waals surface area contributed by atoms with Gasteiger partial charge >= 0.3 is 0 Å². The molecule has 1 atom stereocenters. The number of ether oxygens (including phenoxy) is 1. The van der Waals surface area contributed by atoms with Crippen LogP contribution in [0.3, 0.4) is 0 Å². The molecule has 1 rings (SSSR count). The van der Waals surface area contributed by atoms with Crippen molar-refractivity contribution in [2.45, 2.75) is 51.4 Å². The Morgan fingerprint density at radius 3 is 2.32 bits per heavy atom. The molecule has 1 radical (unpaired) electrons. The lowest BCUT2D eigenvalue weighted by molar-refractivity contribution is -0.255. The first kappa shape index (κ1) is 15.7. The molecule has 1 amide bonds. The van der Waals surface area contributed by atoms with Gasteiger partial charge in [0.05, 0.1) is 12.0 Å². The third kappa shape index (κ3) is 6.36. The highest BCUT2D eigenvalue weighted by molar-refractivity contribution is 5.73. The van der Waals surface area contributed by atoms with Gasteiger partial charge in [0.2, 0.25) is 5.91 Å². The topological polar surface area (TPSA) is 70.3 Å². The van der Waals surface area contributed by atoms with Crippen LogP contribution in [0.2, 0.25) is 0 Å². The predicted molar refractivity (Wildman–Crippen MR) is 73.3 cm³/mol. The average molecular weight is 264 g/mol. The Balaban J connectivity index is 2.71. The second-order valence-corrected chi connectivity index (χ2v) is 5.75.